The van der Waals surface area contributed by atoms with Crippen molar-refractivity contribution in [2.24, 2.45) is 0 Å². The monoisotopic (exact) mass is 406 g/mol. The third kappa shape index (κ3) is 4.25. The van der Waals surface area contributed by atoms with Gasteiger partial charge < -0.3 is 14.8 Å². The summed E-state index contributed by atoms with van der Waals surface area (Å²) in [6, 6.07) is 12.2. The predicted octanol–water partition coefficient (Wildman–Crippen LogP) is 4.09. The van der Waals surface area contributed by atoms with Gasteiger partial charge in [0, 0.05) is 42.6 Å². The topological polar surface area (TPSA) is 33.7 Å². The molecule has 0 radical (unpaired) electrons. The lowest BCUT2D eigenvalue weighted by Gasteiger charge is -2.36. The number of ether oxygens (including phenoxy) is 2. The highest BCUT2D eigenvalue weighted by atomic mass is 35.5. The second kappa shape index (κ2) is 8.38. The summed E-state index contributed by atoms with van der Waals surface area (Å²) in [4.78, 5) is 2.53. The Labute approximate surface area is 170 Å². The number of methoxy groups -OCH3 is 1. The molecule has 4 rings (SSSR count). The number of nitrogens with zero attached hydrogens (tertiary/aromatic N) is 1. The molecule has 2 aromatic rings. The van der Waals surface area contributed by atoms with Gasteiger partial charge in [-0.1, -0.05) is 29.3 Å². The molecule has 1 aliphatic carbocycles. The molecule has 2 aromatic carbocycles. The van der Waals surface area contributed by atoms with E-state index in [1.165, 1.54) is 11.1 Å². The second-order valence-electron chi connectivity index (χ2n) is 7.13. The summed E-state index contributed by atoms with van der Waals surface area (Å²) < 4.78 is 11.9. The van der Waals surface area contributed by atoms with E-state index in [1.54, 1.807) is 13.2 Å². The minimum absolute atomic E-state index is 0.1000. The molecule has 6 heteroatoms. The van der Waals surface area contributed by atoms with Gasteiger partial charge in [0.1, 0.15) is 5.75 Å². The fourth-order valence-corrected chi connectivity index (χ4v) is 4.70. The van der Waals surface area contributed by atoms with Gasteiger partial charge >= 0.3 is 0 Å². The summed E-state index contributed by atoms with van der Waals surface area (Å²) in [5, 5.41) is 4.71. The minimum atomic E-state index is 0.1000. The van der Waals surface area contributed by atoms with Crippen LogP contribution in [0.15, 0.2) is 36.4 Å². The van der Waals surface area contributed by atoms with Crippen molar-refractivity contribution in [1.29, 1.82) is 0 Å². The zero-order valence-electron chi connectivity index (χ0n) is 15.4. The highest BCUT2D eigenvalue weighted by Crippen LogP contribution is 2.40. The van der Waals surface area contributed by atoms with Gasteiger partial charge in [-0.2, -0.15) is 0 Å². The van der Waals surface area contributed by atoms with Gasteiger partial charge in [0.2, 0.25) is 0 Å². The van der Waals surface area contributed by atoms with Gasteiger partial charge in [0.25, 0.3) is 0 Å². The molecule has 1 saturated heterocycles. The highest BCUT2D eigenvalue weighted by molar-refractivity contribution is 6.34. The maximum absolute atomic E-state index is 6.40. The molecule has 0 spiro atoms. The SMILES string of the molecule is COc1ccc2c(c1)C(N1CCNCC1)C(OCc1cc(Cl)cc(Cl)c1)C2. The van der Waals surface area contributed by atoms with E-state index in [1.807, 2.05) is 18.2 Å². The summed E-state index contributed by atoms with van der Waals surface area (Å²) in [5.41, 5.74) is 3.67. The molecule has 2 aliphatic rings. The second-order valence-corrected chi connectivity index (χ2v) is 8.00. The molecular weight excluding hydrogens is 383 g/mol. The van der Waals surface area contributed by atoms with Crippen LogP contribution in [0.4, 0.5) is 0 Å². The summed E-state index contributed by atoms with van der Waals surface area (Å²) in [7, 11) is 1.72. The zero-order valence-corrected chi connectivity index (χ0v) is 16.9. The summed E-state index contributed by atoms with van der Waals surface area (Å²) >= 11 is 12.3. The molecule has 0 aromatic heterocycles. The fraction of sp³-hybridized carbons (Fsp3) is 0.429. The van der Waals surface area contributed by atoms with E-state index in [0.29, 0.717) is 16.7 Å². The molecular formula is C21H24Cl2N2O2. The van der Waals surface area contributed by atoms with E-state index in [-0.39, 0.29) is 12.1 Å². The molecule has 1 heterocycles. The predicted molar refractivity (Wildman–Crippen MR) is 109 cm³/mol. The first-order chi connectivity index (χ1) is 13.1. The van der Waals surface area contributed by atoms with Crippen molar-refractivity contribution in [3.63, 3.8) is 0 Å². The Morgan fingerprint density at radius 3 is 2.52 bits per heavy atom. The van der Waals surface area contributed by atoms with E-state index < -0.39 is 0 Å². The maximum Gasteiger partial charge on any atom is 0.119 e. The maximum atomic E-state index is 6.40. The third-order valence-corrected chi connectivity index (χ3v) is 5.81. The van der Waals surface area contributed by atoms with Gasteiger partial charge in [-0.25, -0.2) is 0 Å². The Bertz CT molecular complexity index is 789. The molecule has 1 fully saturated rings. The van der Waals surface area contributed by atoms with Crippen molar-refractivity contribution >= 4 is 23.2 Å². The molecule has 1 aliphatic heterocycles. The number of rotatable bonds is 5. The van der Waals surface area contributed by atoms with Crippen LogP contribution >= 0.6 is 23.2 Å². The van der Waals surface area contributed by atoms with Crippen molar-refractivity contribution in [2.45, 2.75) is 25.2 Å². The van der Waals surface area contributed by atoms with E-state index in [0.717, 1.165) is 43.9 Å². The number of halogens is 2. The number of piperazine rings is 1. The Balaban J connectivity index is 1.56. The Hall–Kier alpha value is -1.30. The molecule has 144 valence electrons. The van der Waals surface area contributed by atoms with Gasteiger partial charge in [-0.3, -0.25) is 4.90 Å². The van der Waals surface area contributed by atoms with Crippen molar-refractivity contribution in [3.8, 4) is 5.75 Å². The van der Waals surface area contributed by atoms with Crippen molar-refractivity contribution in [3.05, 3.63) is 63.1 Å². The summed E-state index contributed by atoms with van der Waals surface area (Å²) in [6.45, 7) is 4.55. The number of fused-ring (bicyclic) bond motifs is 1. The van der Waals surface area contributed by atoms with Crippen LogP contribution in [0.5, 0.6) is 5.75 Å². The van der Waals surface area contributed by atoms with E-state index in [9.17, 15) is 0 Å². The number of hydrogen-bond donors (Lipinski definition) is 1. The first kappa shape index (κ1) is 19.0. The largest absolute Gasteiger partial charge is 0.497 e. The van der Waals surface area contributed by atoms with Crippen LogP contribution < -0.4 is 10.1 Å². The van der Waals surface area contributed by atoms with Gasteiger partial charge in [-0.15, -0.1) is 0 Å². The van der Waals surface area contributed by atoms with Gasteiger partial charge in [0.05, 0.1) is 25.9 Å². The van der Waals surface area contributed by atoms with Crippen LogP contribution in [0, 0.1) is 0 Å². The molecule has 0 bridgehead atoms. The van der Waals surface area contributed by atoms with Crippen LogP contribution in [0.3, 0.4) is 0 Å². The normalized spacial score (nSPS) is 22.6. The van der Waals surface area contributed by atoms with Crippen molar-refractivity contribution in [1.82, 2.24) is 10.2 Å². The van der Waals surface area contributed by atoms with Crippen LogP contribution in [0.2, 0.25) is 10.0 Å². The lowest BCUT2D eigenvalue weighted by molar-refractivity contribution is -0.0188. The number of nitrogens with one attached hydrogen (secondary N) is 1. The van der Waals surface area contributed by atoms with Crippen LogP contribution in [-0.4, -0.2) is 44.3 Å². The van der Waals surface area contributed by atoms with E-state index >= 15 is 0 Å². The lowest BCUT2D eigenvalue weighted by Crippen LogP contribution is -2.47. The third-order valence-electron chi connectivity index (χ3n) is 5.38. The Morgan fingerprint density at radius 1 is 1.07 bits per heavy atom. The number of benzene rings is 2. The first-order valence-corrected chi connectivity index (χ1v) is 10.1. The van der Waals surface area contributed by atoms with Crippen molar-refractivity contribution in [2.75, 3.05) is 33.3 Å². The Morgan fingerprint density at radius 2 is 1.81 bits per heavy atom. The zero-order chi connectivity index (χ0) is 18.8. The van der Waals surface area contributed by atoms with Gasteiger partial charge in [0.15, 0.2) is 0 Å². The van der Waals surface area contributed by atoms with Crippen LogP contribution in [0.25, 0.3) is 0 Å². The summed E-state index contributed by atoms with van der Waals surface area (Å²) in [6.07, 6.45) is 1.00. The van der Waals surface area contributed by atoms with Crippen LogP contribution in [0.1, 0.15) is 22.7 Å². The van der Waals surface area contributed by atoms with E-state index in [4.69, 9.17) is 32.7 Å². The Kier molecular flexibility index (Phi) is 5.90. The van der Waals surface area contributed by atoms with Crippen molar-refractivity contribution < 1.29 is 9.47 Å². The molecule has 27 heavy (non-hydrogen) atoms. The lowest BCUT2D eigenvalue weighted by atomic mass is 10.0. The highest BCUT2D eigenvalue weighted by Gasteiger charge is 2.38. The first-order valence-electron chi connectivity index (χ1n) is 9.32. The average molecular weight is 407 g/mol. The minimum Gasteiger partial charge on any atom is -0.497 e. The smallest absolute Gasteiger partial charge is 0.119 e. The molecule has 1 N–H and O–H groups in total. The number of hydrogen-bond acceptors (Lipinski definition) is 4. The fourth-order valence-electron chi connectivity index (χ4n) is 4.13. The standard InChI is InChI=1S/C21H24Cl2N2O2/c1-26-18-3-2-15-10-20(27-13-14-8-16(22)11-17(23)9-14)21(19(15)12-18)25-6-4-24-5-7-25/h2-3,8-9,11-12,20-21,24H,4-7,10,13H2,1H3. The molecule has 2 unspecified atom stereocenters. The molecule has 0 saturated carbocycles. The quantitative estimate of drug-likeness (QED) is 0.810. The summed E-state index contributed by atoms with van der Waals surface area (Å²) in [5.74, 6) is 0.899. The molecule has 0 amide bonds. The average Bonchev–Trinajstić information content (AvgIpc) is 3.03. The van der Waals surface area contributed by atoms with Crippen LogP contribution in [-0.2, 0) is 17.8 Å². The van der Waals surface area contributed by atoms with Gasteiger partial charge in [-0.05, 0) is 47.0 Å². The molecule has 2 atom stereocenters. The molecule has 4 nitrogen and oxygen atoms in total. The van der Waals surface area contributed by atoms with E-state index in [2.05, 4.69) is 22.3 Å².